The Kier molecular flexibility index (Phi) is 6.64. The van der Waals surface area contributed by atoms with Gasteiger partial charge in [-0.1, -0.05) is 6.92 Å². The molecule has 2 atom stereocenters. The van der Waals surface area contributed by atoms with Gasteiger partial charge in [0.2, 0.25) is 5.91 Å². The number of aliphatic carboxylic acids is 1. The van der Waals surface area contributed by atoms with E-state index in [2.05, 4.69) is 5.32 Å². The van der Waals surface area contributed by atoms with Gasteiger partial charge in [-0.3, -0.25) is 4.79 Å². The Hall–Kier alpha value is -1.14. The number of rotatable bonds is 7. The molecule has 0 fully saturated rings. The highest BCUT2D eigenvalue weighted by Crippen LogP contribution is 2.04. The first-order valence-corrected chi connectivity index (χ1v) is 4.87. The number of carboxylic acids is 1. The first-order valence-electron chi connectivity index (χ1n) is 4.87. The van der Waals surface area contributed by atoms with Crippen molar-refractivity contribution >= 4 is 11.9 Å². The van der Waals surface area contributed by atoms with E-state index in [0.29, 0.717) is 19.4 Å². The molecule has 0 aliphatic heterocycles. The van der Waals surface area contributed by atoms with Crippen LogP contribution in [0.25, 0.3) is 0 Å². The molecule has 0 aliphatic rings. The Morgan fingerprint density at radius 1 is 1.47 bits per heavy atom. The summed E-state index contributed by atoms with van der Waals surface area (Å²) in [4.78, 5) is 21.9. The number of aliphatic hydroxyl groups is 1. The molecule has 0 saturated heterocycles. The second-order valence-corrected chi connectivity index (χ2v) is 3.41. The zero-order valence-electron chi connectivity index (χ0n) is 8.77. The maximum absolute atomic E-state index is 11.4. The number of hydrogen-bond donors (Lipinski definition) is 4. The van der Waals surface area contributed by atoms with Crippen LogP contribution < -0.4 is 11.1 Å². The van der Waals surface area contributed by atoms with E-state index in [1.54, 1.807) is 6.92 Å². The highest BCUT2D eigenvalue weighted by molar-refractivity contribution is 5.84. The van der Waals surface area contributed by atoms with Gasteiger partial charge in [0.1, 0.15) is 6.04 Å². The Bertz CT molecular complexity index is 220. The van der Waals surface area contributed by atoms with Gasteiger partial charge in [-0.05, 0) is 19.4 Å². The Labute approximate surface area is 88.5 Å². The highest BCUT2D eigenvalue weighted by Gasteiger charge is 2.21. The van der Waals surface area contributed by atoms with Gasteiger partial charge in [-0.15, -0.1) is 0 Å². The minimum absolute atomic E-state index is 0.290. The van der Waals surface area contributed by atoms with Gasteiger partial charge in [0.15, 0.2) is 0 Å². The predicted octanol–water partition coefficient (Wildman–Crippen LogP) is -1.08. The fourth-order valence-electron chi connectivity index (χ4n) is 1.05. The fourth-order valence-corrected chi connectivity index (χ4v) is 1.05. The third kappa shape index (κ3) is 5.34. The van der Waals surface area contributed by atoms with E-state index in [1.165, 1.54) is 0 Å². The lowest BCUT2D eigenvalue weighted by Gasteiger charge is -2.15. The lowest BCUT2D eigenvalue weighted by Crippen LogP contribution is -2.45. The van der Waals surface area contributed by atoms with Gasteiger partial charge in [-0.2, -0.15) is 0 Å². The summed E-state index contributed by atoms with van der Waals surface area (Å²) in [5.41, 5.74) is 5.29. The molecule has 88 valence electrons. The topological polar surface area (TPSA) is 113 Å². The molecule has 0 spiro atoms. The lowest BCUT2D eigenvalue weighted by molar-refractivity contribution is -0.143. The van der Waals surface area contributed by atoms with Crippen LogP contribution in [0.4, 0.5) is 0 Å². The molecule has 0 rings (SSSR count). The van der Waals surface area contributed by atoms with E-state index >= 15 is 0 Å². The average Bonchev–Trinajstić information content (AvgIpc) is 2.21. The SMILES string of the molecule is CC(CCCN)C(=O)N[C@@H](CO)C(=O)O. The van der Waals surface area contributed by atoms with Crippen molar-refractivity contribution < 1.29 is 19.8 Å². The standard InChI is InChI=1S/C9H18N2O4/c1-6(3-2-4-10)8(13)11-7(5-12)9(14)15/h6-7,12H,2-5,10H2,1H3,(H,11,13)(H,14,15)/t6?,7-/m0/s1. The number of amides is 1. The maximum Gasteiger partial charge on any atom is 0.328 e. The predicted molar refractivity (Wildman–Crippen MR) is 54.1 cm³/mol. The number of aliphatic hydroxyl groups excluding tert-OH is 1. The molecule has 0 radical (unpaired) electrons. The number of hydrogen-bond acceptors (Lipinski definition) is 4. The smallest absolute Gasteiger partial charge is 0.328 e. The summed E-state index contributed by atoms with van der Waals surface area (Å²) in [6, 6.07) is -1.22. The third-order valence-electron chi connectivity index (χ3n) is 2.09. The van der Waals surface area contributed by atoms with Crippen LogP contribution in [0.1, 0.15) is 19.8 Å². The van der Waals surface area contributed by atoms with Crippen LogP contribution in [0.3, 0.4) is 0 Å². The number of carbonyl (C=O) groups excluding carboxylic acids is 1. The maximum atomic E-state index is 11.4. The van der Waals surface area contributed by atoms with Crippen LogP contribution in [0.15, 0.2) is 0 Å². The Balaban J connectivity index is 4.04. The van der Waals surface area contributed by atoms with Crippen LogP contribution in [0, 0.1) is 5.92 Å². The molecule has 0 aromatic heterocycles. The Morgan fingerprint density at radius 3 is 2.47 bits per heavy atom. The first-order chi connectivity index (χ1) is 7.02. The normalized spacial score (nSPS) is 14.3. The lowest BCUT2D eigenvalue weighted by atomic mass is 10.0. The monoisotopic (exact) mass is 218 g/mol. The molecule has 1 unspecified atom stereocenters. The van der Waals surface area contributed by atoms with Crippen molar-refractivity contribution in [2.24, 2.45) is 11.7 Å². The summed E-state index contributed by atoms with van der Waals surface area (Å²) in [6.07, 6.45) is 1.32. The van der Waals surface area contributed by atoms with Crippen molar-refractivity contribution in [1.29, 1.82) is 0 Å². The molecule has 0 aromatic rings. The summed E-state index contributed by atoms with van der Waals surface area (Å²) in [5, 5.41) is 19.5. The van der Waals surface area contributed by atoms with Gasteiger partial charge in [0, 0.05) is 5.92 Å². The quantitative estimate of drug-likeness (QED) is 0.434. The second-order valence-electron chi connectivity index (χ2n) is 3.41. The van der Waals surface area contributed by atoms with Crippen molar-refractivity contribution in [2.75, 3.05) is 13.2 Å². The van der Waals surface area contributed by atoms with Crippen molar-refractivity contribution in [2.45, 2.75) is 25.8 Å². The van der Waals surface area contributed by atoms with Crippen LogP contribution in [-0.4, -0.2) is 41.3 Å². The van der Waals surface area contributed by atoms with Gasteiger partial charge in [-0.25, -0.2) is 4.79 Å². The molecule has 0 aliphatic carbocycles. The third-order valence-corrected chi connectivity index (χ3v) is 2.09. The average molecular weight is 218 g/mol. The molecule has 0 bridgehead atoms. The second kappa shape index (κ2) is 7.19. The van der Waals surface area contributed by atoms with E-state index in [9.17, 15) is 9.59 Å². The van der Waals surface area contributed by atoms with Crippen molar-refractivity contribution in [3.05, 3.63) is 0 Å². The Morgan fingerprint density at radius 2 is 2.07 bits per heavy atom. The molecule has 5 N–H and O–H groups in total. The van der Waals surface area contributed by atoms with Gasteiger partial charge in [0.25, 0.3) is 0 Å². The number of nitrogens with one attached hydrogen (secondary N) is 1. The van der Waals surface area contributed by atoms with Crippen LogP contribution in [-0.2, 0) is 9.59 Å². The zero-order valence-corrected chi connectivity index (χ0v) is 8.77. The van der Waals surface area contributed by atoms with Gasteiger partial charge >= 0.3 is 5.97 Å². The molecule has 0 aromatic carbocycles. The summed E-state index contributed by atoms with van der Waals surface area (Å²) < 4.78 is 0. The van der Waals surface area contributed by atoms with Crippen molar-refractivity contribution in [3.63, 3.8) is 0 Å². The molecule has 15 heavy (non-hydrogen) atoms. The molecule has 0 saturated carbocycles. The molecule has 1 amide bonds. The largest absolute Gasteiger partial charge is 0.480 e. The summed E-state index contributed by atoms with van der Waals surface area (Å²) in [5.74, 6) is -1.90. The molecule has 6 heteroatoms. The van der Waals surface area contributed by atoms with Crippen molar-refractivity contribution in [3.8, 4) is 0 Å². The highest BCUT2D eigenvalue weighted by atomic mass is 16.4. The molecular formula is C9H18N2O4. The van der Waals surface area contributed by atoms with E-state index in [4.69, 9.17) is 15.9 Å². The molecule has 0 heterocycles. The number of carboxylic acid groups (broad SMARTS) is 1. The number of carbonyl (C=O) groups is 2. The van der Waals surface area contributed by atoms with Crippen molar-refractivity contribution in [1.82, 2.24) is 5.32 Å². The minimum atomic E-state index is -1.24. The van der Waals surface area contributed by atoms with Crippen LogP contribution in [0.5, 0.6) is 0 Å². The summed E-state index contributed by atoms with van der Waals surface area (Å²) in [6.45, 7) is 1.59. The van der Waals surface area contributed by atoms with E-state index in [1.807, 2.05) is 0 Å². The minimum Gasteiger partial charge on any atom is -0.480 e. The molecule has 6 nitrogen and oxygen atoms in total. The fraction of sp³-hybridized carbons (Fsp3) is 0.778. The van der Waals surface area contributed by atoms with E-state index in [-0.39, 0.29) is 11.8 Å². The summed E-state index contributed by atoms with van der Waals surface area (Å²) in [7, 11) is 0. The van der Waals surface area contributed by atoms with Crippen LogP contribution >= 0.6 is 0 Å². The zero-order chi connectivity index (χ0) is 11.8. The van der Waals surface area contributed by atoms with E-state index < -0.39 is 18.6 Å². The van der Waals surface area contributed by atoms with Gasteiger partial charge in [0.05, 0.1) is 6.61 Å². The molecular weight excluding hydrogens is 200 g/mol. The van der Waals surface area contributed by atoms with E-state index in [0.717, 1.165) is 0 Å². The van der Waals surface area contributed by atoms with Gasteiger partial charge < -0.3 is 21.3 Å². The number of nitrogens with two attached hydrogens (primary N) is 1. The van der Waals surface area contributed by atoms with Crippen LogP contribution in [0.2, 0.25) is 0 Å². The first kappa shape index (κ1) is 13.9. The summed E-state index contributed by atoms with van der Waals surface area (Å²) >= 11 is 0.